The normalized spacial score (nSPS) is 32.6. The van der Waals surface area contributed by atoms with E-state index in [1.165, 1.54) is 38.5 Å². The molecule has 0 aromatic heterocycles. The van der Waals surface area contributed by atoms with Crippen LogP contribution in [0.5, 0.6) is 0 Å². The number of guanidine groups is 1. The summed E-state index contributed by atoms with van der Waals surface area (Å²) in [7, 11) is 1.89. The van der Waals surface area contributed by atoms with Crippen molar-refractivity contribution in [2.45, 2.75) is 77.5 Å². The molecule has 23 heavy (non-hydrogen) atoms. The molecule has 0 aromatic carbocycles. The fourth-order valence-corrected chi connectivity index (χ4v) is 4.66. The summed E-state index contributed by atoms with van der Waals surface area (Å²) in [6.07, 6.45) is 8.21. The Morgan fingerprint density at radius 3 is 2.57 bits per heavy atom. The molecule has 0 bridgehead atoms. The van der Waals surface area contributed by atoms with E-state index in [0.29, 0.717) is 29.5 Å². The smallest absolute Gasteiger partial charge is 0.191 e. The summed E-state index contributed by atoms with van der Waals surface area (Å²) in [4.78, 5) is 4.47. The Labute approximate surface area is 158 Å². The van der Waals surface area contributed by atoms with Crippen LogP contribution >= 0.6 is 24.0 Å². The van der Waals surface area contributed by atoms with Crippen molar-refractivity contribution < 1.29 is 4.74 Å². The summed E-state index contributed by atoms with van der Waals surface area (Å²) in [5.74, 6) is 2.45. The summed E-state index contributed by atoms with van der Waals surface area (Å²) in [5.41, 5.74) is 0.417. The number of halogens is 1. The minimum absolute atomic E-state index is 0. The van der Waals surface area contributed by atoms with Crippen molar-refractivity contribution in [3.63, 3.8) is 0 Å². The molecular formula is C18H34IN3O. The van der Waals surface area contributed by atoms with E-state index in [2.05, 4.69) is 36.4 Å². The van der Waals surface area contributed by atoms with Gasteiger partial charge in [0.15, 0.2) is 5.96 Å². The van der Waals surface area contributed by atoms with Gasteiger partial charge in [-0.05, 0) is 44.9 Å². The van der Waals surface area contributed by atoms with Crippen LogP contribution in [0.2, 0.25) is 0 Å². The van der Waals surface area contributed by atoms with Gasteiger partial charge in [0.2, 0.25) is 0 Å². The Kier molecular flexibility index (Phi) is 6.62. The number of ether oxygens (including phenoxy) is 1. The fraction of sp³-hybridized carbons (Fsp3) is 0.944. The van der Waals surface area contributed by atoms with Crippen LogP contribution < -0.4 is 10.6 Å². The van der Waals surface area contributed by atoms with Crippen LogP contribution in [0.4, 0.5) is 0 Å². The molecule has 1 spiro atoms. The second kappa shape index (κ2) is 7.89. The summed E-state index contributed by atoms with van der Waals surface area (Å²) in [6.45, 7) is 7.78. The number of hydrogen-bond donors (Lipinski definition) is 2. The third-order valence-corrected chi connectivity index (χ3v) is 6.11. The van der Waals surface area contributed by atoms with Crippen molar-refractivity contribution in [2.24, 2.45) is 22.2 Å². The first-order valence-corrected chi connectivity index (χ1v) is 9.18. The molecule has 0 aromatic rings. The number of fused-ring (bicyclic) bond motifs is 2. The van der Waals surface area contributed by atoms with Crippen molar-refractivity contribution in [2.75, 3.05) is 13.7 Å². The van der Waals surface area contributed by atoms with E-state index in [-0.39, 0.29) is 24.0 Å². The molecule has 4 nitrogen and oxygen atoms in total. The summed E-state index contributed by atoms with van der Waals surface area (Å²) < 4.78 is 6.00. The lowest BCUT2D eigenvalue weighted by Crippen LogP contribution is -2.72. The Bertz CT molecular complexity index is 422. The van der Waals surface area contributed by atoms with Gasteiger partial charge in [0.1, 0.15) is 0 Å². The van der Waals surface area contributed by atoms with Gasteiger partial charge in [-0.3, -0.25) is 4.99 Å². The first-order valence-electron chi connectivity index (χ1n) is 9.18. The SMILES string of the molecule is CN=C(NC(C)CCC(C)C)NC1C2CCOC2C12CCC2.I. The van der Waals surface area contributed by atoms with Gasteiger partial charge in [-0.15, -0.1) is 24.0 Å². The van der Waals surface area contributed by atoms with Gasteiger partial charge in [-0.1, -0.05) is 20.3 Å². The molecule has 5 heteroatoms. The molecular weight excluding hydrogens is 401 g/mol. The average Bonchev–Trinajstić information content (AvgIpc) is 2.84. The van der Waals surface area contributed by atoms with Gasteiger partial charge in [-0.25, -0.2) is 0 Å². The molecule has 1 aliphatic heterocycles. The van der Waals surface area contributed by atoms with Crippen LogP contribution in [-0.4, -0.2) is 37.8 Å². The molecule has 134 valence electrons. The number of nitrogens with zero attached hydrogens (tertiary/aromatic N) is 1. The van der Waals surface area contributed by atoms with E-state index in [4.69, 9.17) is 4.74 Å². The van der Waals surface area contributed by atoms with Gasteiger partial charge in [0.25, 0.3) is 0 Å². The number of hydrogen-bond acceptors (Lipinski definition) is 2. The zero-order chi connectivity index (χ0) is 15.7. The lowest BCUT2D eigenvalue weighted by atomic mass is 9.46. The van der Waals surface area contributed by atoms with E-state index < -0.39 is 0 Å². The third-order valence-electron chi connectivity index (χ3n) is 6.11. The Morgan fingerprint density at radius 2 is 2.00 bits per heavy atom. The number of nitrogens with one attached hydrogen (secondary N) is 2. The molecule has 1 saturated heterocycles. The van der Waals surface area contributed by atoms with E-state index >= 15 is 0 Å². The van der Waals surface area contributed by atoms with Crippen LogP contribution in [-0.2, 0) is 4.74 Å². The van der Waals surface area contributed by atoms with Crippen LogP contribution in [0, 0.1) is 17.3 Å². The minimum atomic E-state index is 0. The molecule has 0 amide bonds. The highest BCUT2D eigenvalue weighted by atomic mass is 127. The highest BCUT2D eigenvalue weighted by molar-refractivity contribution is 14.0. The average molecular weight is 435 g/mol. The van der Waals surface area contributed by atoms with Crippen molar-refractivity contribution in [1.29, 1.82) is 0 Å². The molecule has 0 radical (unpaired) electrons. The first kappa shape index (κ1) is 19.3. The first-order chi connectivity index (χ1) is 10.6. The van der Waals surface area contributed by atoms with Gasteiger partial charge < -0.3 is 15.4 Å². The van der Waals surface area contributed by atoms with Crippen LogP contribution in [0.1, 0.15) is 59.3 Å². The van der Waals surface area contributed by atoms with Crippen LogP contribution in [0.3, 0.4) is 0 Å². The summed E-state index contributed by atoms with van der Waals surface area (Å²) in [5, 5.41) is 7.33. The second-order valence-corrected chi connectivity index (χ2v) is 8.04. The Balaban J connectivity index is 0.00000192. The Morgan fingerprint density at radius 1 is 1.26 bits per heavy atom. The monoisotopic (exact) mass is 435 g/mol. The highest BCUT2D eigenvalue weighted by Gasteiger charge is 2.66. The van der Waals surface area contributed by atoms with Crippen LogP contribution in [0.15, 0.2) is 4.99 Å². The molecule has 2 aliphatic carbocycles. The predicted octanol–water partition coefficient (Wildman–Crippen LogP) is 3.55. The van der Waals surface area contributed by atoms with Gasteiger partial charge in [0, 0.05) is 37.1 Å². The van der Waals surface area contributed by atoms with Crippen LogP contribution in [0.25, 0.3) is 0 Å². The molecule has 3 fully saturated rings. The second-order valence-electron chi connectivity index (χ2n) is 8.04. The van der Waals surface area contributed by atoms with Crippen molar-refractivity contribution in [3.8, 4) is 0 Å². The van der Waals surface area contributed by atoms with Crippen molar-refractivity contribution >= 4 is 29.9 Å². The quantitative estimate of drug-likeness (QED) is 0.395. The fourth-order valence-electron chi connectivity index (χ4n) is 4.66. The molecule has 2 N–H and O–H groups in total. The Hall–Kier alpha value is -0.0400. The highest BCUT2D eigenvalue weighted by Crippen LogP contribution is 2.62. The lowest BCUT2D eigenvalue weighted by molar-refractivity contribution is -0.171. The summed E-state index contributed by atoms with van der Waals surface area (Å²) >= 11 is 0. The van der Waals surface area contributed by atoms with E-state index in [1.54, 1.807) is 0 Å². The van der Waals surface area contributed by atoms with Gasteiger partial charge >= 0.3 is 0 Å². The number of rotatable bonds is 5. The molecule has 1 heterocycles. The lowest BCUT2D eigenvalue weighted by Gasteiger charge is -2.63. The molecule has 4 atom stereocenters. The minimum Gasteiger partial charge on any atom is -0.377 e. The topological polar surface area (TPSA) is 45.7 Å². The zero-order valence-electron chi connectivity index (χ0n) is 15.1. The van der Waals surface area contributed by atoms with E-state index in [1.807, 2.05) is 7.05 Å². The van der Waals surface area contributed by atoms with Gasteiger partial charge in [-0.2, -0.15) is 0 Å². The molecule has 3 rings (SSSR count). The largest absolute Gasteiger partial charge is 0.377 e. The van der Waals surface area contributed by atoms with E-state index in [0.717, 1.165) is 18.5 Å². The standard InChI is InChI=1S/C18H33N3O.HI/c1-12(2)6-7-13(3)20-17(19-4)21-15-14-8-11-22-16(14)18(15)9-5-10-18;/h12-16H,5-11H2,1-4H3,(H2,19,20,21);1H. The van der Waals surface area contributed by atoms with E-state index in [9.17, 15) is 0 Å². The third kappa shape index (κ3) is 3.65. The summed E-state index contributed by atoms with van der Waals surface area (Å²) in [6, 6.07) is 1.04. The maximum absolute atomic E-state index is 6.00. The molecule has 2 saturated carbocycles. The molecule has 4 unspecified atom stereocenters. The number of aliphatic imine (C=N–C) groups is 1. The maximum Gasteiger partial charge on any atom is 0.191 e. The van der Waals surface area contributed by atoms with Crippen molar-refractivity contribution in [1.82, 2.24) is 10.6 Å². The molecule has 3 aliphatic rings. The van der Waals surface area contributed by atoms with Crippen molar-refractivity contribution in [3.05, 3.63) is 0 Å². The van der Waals surface area contributed by atoms with Gasteiger partial charge in [0.05, 0.1) is 6.10 Å². The predicted molar refractivity (Wildman–Crippen MR) is 106 cm³/mol. The zero-order valence-corrected chi connectivity index (χ0v) is 17.4. The maximum atomic E-state index is 6.00.